The Morgan fingerprint density at radius 3 is 2.23 bits per heavy atom. The minimum absolute atomic E-state index is 0.0342. The van der Waals surface area contributed by atoms with Gasteiger partial charge >= 0.3 is 200 Å². The molecule has 3 heterocycles. The van der Waals surface area contributed by atoms with Crippen LogP contribution in [-0.4, -0.2) is 79.4 Å². The Morgan fingerprint density at radius 1 is 0.933 bits per heavy atom. The first-order valence-corrected chi connectivity index (χ1v) is 13.7. The van der Waals surface area contributed by atoms with Crippen LogP contribution in [0.3, 0.4) is 0 Å². The topological polar surface area (TPSA) is 53.0 Å². The molecule has 2 aromatic carbocycles. The molecule has 0 aliphatic carbocycles. The molecule has 0 atom stereocenters. The number of carbonyl (C=O) groups excluding carboxylic acids is 2. The van der Waals surface area contributed by atoms with Crippen molar-refractivity contribution in [3.8, 4) is 0 Å². The SMILES string of the molecule is CN1C(=O)/C(=C/c2ccc(N3c4ccccc4[Se]c4ccccc43)[se]2)C(=O)N=C1[Te]. The quantitative estimate of drug-likeness (QED) is 0.188. The number of hydrogen-bond donors (Lipinski definition) is 0. The van der Waals surface area contributed by atoms with Gasteiger partial charge in [0.05, 0.1) is 0 Å². The number of benzene rings is 2. The second-order valence-electron chi connectivity index (χ2n) is 6.67. The molecule has 1 aromatic heterocycles. The third kappa shape index (κ3) is 3.44. The molecule has 147 valence electrons. The first-order valence-electron chi connectivity index (χ1n) is 9.08. The number of rotatable bonds is 2. The van der Waals surface area contributed by atoms with Gasteiger partial charge in [0, 0.05) is 0 Å². The summed E-state index contributed by atoms with van der Waals surface area (Å²) in [5.41, 5.74) is 2.57. The average Bonchev–Trinajstić information content (AvgIpc) is 3.21. The molecular weight excluding hydrogens is 624 g/mol. The van der Waals surface area contributed by atoms with Crippen LogP contribution in [0.5, 0.6) is 0 Å². The molecule has 0 saturated heterocycles. The number of anilines is 3. The Kier molecular flexibility index (Phi) is 5.33. The van der Waals surface area contributed by atoms with Crippen LogP contribution in [0.25, 0.3) is 6.08 Å². The van der Waals surface area contributed by atoms with Crippen molar-refractivity contribution >= 4 is 98.4 Å². The number of hydrogen-bond acceptors (Lipinski definition) is 3. The third-order valence-corrected chi connectivity index (χ3v) is 10.3. The molecule has 0 spiro atoms. The van der Waals surface area contributed by atoms with E-state index in [0.29, 0.717) is 3.88 Å². The van der Waals surface area contributed by atoms with E-state index >= 15 is 0 Å². The van der Waals surface area contributed by atoms with Gasteiger partial charge in [0.15, 0.2) is 0 Å². The van der Waals surface area contributed by atoms with E-state index in [4.69, 9.17) is 0 Å². The summed E-state index contributed by atoms with van der Waals surface area (Å²) < 4.78 is 5.33. The van der Waals surface area contributed by atoms with Crippen LogP contribution in [0.1, 0.15) is 4.44 Å². The zero-order chi connectivity index (χ0) is 20.8. The summed E-state index contributed by atoms with van der Waals surface area (Å²) in [5, 5.41) is 0. The standard InChI is InChI=1S/C22H14N3O2Se2Te/c1-24-21(27)14(20(26)23-22(24)30)12-13-10-11-19(28-13)25-15-6-2-4-8-17(15)29-18-9-5-3-7-16(18)25/h2-12H,1H3/b14-12+. The maximum atomic E-state index is 12.6. The van der Waals surface area contributed by atoms with Gasteiger partial charge in [-0.1, -0.05) is 0 Å². The van der Waals surface area contributed by atoms with Gasteiger partial charge in [-0.25, -0.2) is 0 Å². The Balaban J connectivity index is 1.57. The van der Waals surface area contributed by atoms with Crippen molar-refractivity contribution < 1.29 is 9.59 Å². The van der Waals surface area contributed by atoms with Gasteiger partial charge in [-0.05, 0) is 0 Å². The molecule has 2 aliphatic rings. The molecule has 3 aromatic rings. The molecule has 0 N–H and O–H groups in total. The first kappa shape index (κ1) is 20.0. The summed E-state index contributed by atoms with van der Waals surface area (Å²) in [7, 11) is 1.64. The van der Waals surface area contributed by atoms with Crippen LogP contribution in [0.4, 0.5) is 15.9 Å². The monoisotopic (exact) mass is 642 g/mol. The summed E-state index contributed by atoms with van der Waals surface area (Å²) in [6.07, 6.45) is 1.72. The fourth-order valence-corrected chi connectivity index (χ4v) is 8.07. The van der Waals surface area contributed by atoms with Crippen molar-refractivity contribution in [2.75, 3.05) is 11.9 Å². The van der Waals surface area contributed by atoms with Crippen molar-refractivity contribution in [3.05, 3.63) is 70.7 Å². The molecule has 0 fully saturated rings. The number of carbonyl (C=O) groups is 2. The summed E-state index contributed by atoms with van der Waals surface area (Å²) >= 11 is 1.82. The van der Waals surface area contributed by atoms with Crippen molar-refractivity contribution in [3.63, 3.8) is 0 Å². The van der Waals surface area contributed by atoms with Crippen LogP contribution in [0.2, 0.25) is 0 Å². The molecule has 2 aliphatic heterocycles. The molecule has 0 saturated carbocycles. The zero-order valence-corrected chi connectivity index (χ0v) is 21.5. The molecule has 1 radical (unpaired) electrons. The Morgan fingerprint density at radius 2 is 1.57 bits per heavy atom. The number of amidine groups is 1. The Bertz CT molecular complexity index is 1220. The van der Waals surface area contributed by atoms with E-state index in [1.165, 1.54) is 29.8 Å². The fraction of sp³-hybridized carbons (Fsp3) is 0.0455. The first-order chi connectivity index (χ1) is 14.5. The summed E-state index contributed by atoms with van der Waals surface area (Å²) in [5.74, 6) is -0.753. The normalized spacial score (nSPS) is 17.1. The van der Waals surface area contributed by atoms with Crippen molar-refractivity contribution in [1.82, 2.24) is 4.90 Å². The Labute approximate surface area is 199 Å². The van der Waals surface area contributed by atoms with E-state index < -0.39 is 5.91 Å². The minimum atomic E-state index is -0.459. The van der Waals surface area contributed by atoms with Gasteiger partial charge in [-0.15, -0.1) is 0 Å². The van der Waals surface area contributed by atoms with Crippen LogP contribution < -0.4 is 13.8 Å². The number of amides is 2. The molecule has 8 heteroatoms. The van der Waals surface area contributed by atoms with Crippen LogP contribution in [0, 0.1) is 0 Å². The van der Waals surface area contributed by atoms with Gasteiger partial charge < -0.3 is 0 Å². The number of nitrogens with zero attached hydrogens (tertiary/aromatic N) is 3. The second kappa shape index (κ2) is 7.98. The van der Waals surface area contributed by atoms with Gasteiger partial charge in [-0.2, -0.15) is 0 Å². The van der Waals surface area contributed by atoms with Crippen molar-refractivity contribution in [1.29, 1.82) is 0 Å². The number of aliphatic imine (C=N–C) groups is 1. The predicted molar refractivity (Wildman–Crippen MR) is 122 cm³/mol. The van der Waals surface area contributed by atoms with E-state index in [-0.39, 0.29) is 40.9 Å². The van der Waals surface area contributed by atoms with Crippen molar-refractivity contribution in [2.45, 2.75) is 0 Å². The molecule has 2 amide bonds. The molecule has 30 heavy (non-hydrogen) atoms. The molecule has 5 nitrogen and oxygen atoms in total. The summed E-state index contributed by atoms with van der Waals surface area (Å²) in [6.45, 7) is 0. The van der Waals surface area contributed by atoms with E-state index in [2.05, 4.69) is 64.5 Å². The average molecular weight is 638 g/mol. The van der Waals surface area contributed by atoms with Gasteiger partial charge in [-0.3, -0.25) is 0 Å². The van der Waals surface area contributed by atoms with Crippen molar-refractivity contribution in [2.24, 2.45) is 4.99 Å². The van der Waals surface area contributed by atoms with E-state index in [0.717, 1.165) is 4.44 Å². The summed E-state index contributed by atoms with van der Waals surface area (Å²) in [4.78, 5) is 32.6. The van der Waals surface area contributed by atoms with E-state index in [1.807, 2.05) is 6.07 Å². The van der Waals surface area contributed by atoms with Gasteiger partial charge in [0.25, 0.3) is 0 Å². The molecule has 5 rings (SSSR count). The molecule has 0 bridgehead atoms. The number of para-hydroxylation sites is 2. The van der Waals surface area contributed by atoms with E-state index in [1.54, 1.807) is 35.4 Å². The Hall–Kier alpha value is -1.90. The second-order valence-corrected chi connectivity index (χ2v) is 12.3. The summed E-state index contributed by atoms with van der Waals surface area (Å²) in [6, 6.07) is 21.2. The van der Waals surface area contributed by atoms with Gasteiger partial charge in [0.2, 0.25) is 0 Å². The van der Waals surface area contributed by atoms with E-state index in [9.17, 15) is 9.59 Å². The molecule has 0 unspecified atom stereocenters. The number of fused-ring (bicyclic) bond motifs is 2. The van der Waals surface area contributed by atoms with Crippen LogP contribution >= 0.6 is 0 Å². The third-order valence-electron chi connectivity index (χ3n) is 4.80. The predicted octanol–water partition coefficient (Wildman–Crippen LogP) is 1.09. The van der Waals surface area contributed by atoms with Gasteiger partial charge in [0.1, 0.15) is 0 Å². The zero-order valence-electron chi connectivity index (χ0n) is 15.7. The van der Waals surface area contributed by atoms with Crippen LogP contribution in [0.15, 0.2) is 71.2 Å². The van der Waals surface area contributed by atoms with Crippen LogP contribution in [-0.2, 0) is 9.59 Å². The number of likely N-dealkylation sites (N-methyl/N-ethyl adjacent to an activating group) is 1. The maximum absolute atomic E-state index is 12.6. The fourth-order valence-electron chi connectivity index (χ4n) is 3.33. The molecular formula is C22H14N3O2Se2Te.